The van der Waals surface area contributed by atoms with E-state index in [4.69, 9.17) is 12.2 Å². The van der Waals surface area contributed by atoms with Crippen LogP contribution in [0, 0.1) is 27.7 Å². The van der Waals surface area contributed by atoms with Gasteiger partial charge in [0.05, 0.1) is 5.69 Å². The molecule has 1 N–H and O–H groups in total. The Labute approximate surface area is 164 Å². The Morgan fingerprint density at radius 2 is 1.81 bits per heavy atom. The summed E-state index contributed by atoms with van der Waals surface area (Å²) in [5, 5.41) is 2.75. The number of amides is 2. The smallest absolute Gasteiger partial charge is 0.270 e. The molecule has 1 aliphatic heterocycles. The van der Waals surface area contributed by atoms with Gasteiger partial charge < -0.3 is 4.57 Å². The van der Waals surface area contributed by atoms with Crippen molar-refractivity contribution >= 4 is 40.9 Å². The van der Waals surface area contributed by atoms with Crippen molar-refractivity contribution in [3.05, 3.63) is 57.9 Å². The third-order valence-electron chi connectivity index (χ3n) is 4.92. The first-order valence-electron chi connectivity index (χ1n) is 8.90. The molecule has 1 saturated heterocycles. The average Bonchev–Trinajstić information content (AvgIpc) is 2.86. The molecule has 0 aliphatic carbocycles. The molecule has 2 aromatic rings. The highest BCUT2D eigenvalue weighted by molar-refractivity contribution is 7.80. The number of benzene rings is 1. The molecule has 0 saturated carbocycles. The molecule has 1 aromatic carbocycles. The van der Waals surface area contributed by atoms with Gasteiger partial charge in [-0.2, -0.15) is 0 Å². The number of thiocarbonyl (C=S) groups is 1. The molecule has 0 atom stereocenters. The maximum atomic E-state index is 13.2. The van der Waals surface area contributed by atoms with E-state index in [0.717, 1.165) is 34.6 Å². The van der Waals surface area contributed by atoms with E-state index in [2.05, 4.69) is 16.8 Å². The second-order valence-corrected chi connectivity index (χ2v) is 7.21. The molecule has 1 aromatic heterocycles. The number of hydrogen-bond donors (Lipinski definition) is 1. The number of carbonyl (C=O) groups is 2. The maximum absolute atomic E-state index is 13.2. The van der Waals surface area contributed by atoms with E-state index in [1.165, 1.54) is 4.90 Å². The van der Waals surface area contributed by atoms with Crippen molar-refractivity contribution in [1.82, 2.24) is 9.88 Å². The molecule has 1 fully saturated rings. The highest BCUT2D eigenvalue weighted by Crippen LogP contribution is 2.27. The summed E-state index contributed by atoms with van der Waals surface area (Å²) < 4.78 is 2.14. The molecule has 1 aliphatic rings. The monoisotopic (exact) mass is 381 g/mol. The number of nitrogens with one attached hydrogen (secondary N) is 1. The Morgan fingerprint density at radius 3 is 2.41 bits per heavy atom. The van der Waals surface area contributed by atoms with Crippen molar-refractivity contribution in [2.45, 2.75) is 41.2 Å². The van der Waals surface area contributed by atoms with Crippen molar-refractivity contribution in [3.8, 4) is 0 Å². The van der Waals surface area contributed by atoms with Crippen molar-refractivity contribution in [3.63, 3.8) is 0 Å². The first kappa shape index (κ1) is 19.0. The number of rotatable bonds is 3. The fraction of sp³-hybridized carbons (Fsp3) is 0.286. The van der Waals surface area contributed by atoms with Crippen molar-refractivity contribution in [2.24, 2.45) is 0 Å². The Kier molecular flexibility index (Phi) is 5.02. The van der Waals surface area contributed by atoms with Gasteiger partial charge in [-0.05, 0) is 76.2 Å². The van der Waals surface area contributed by atoms with Crippen LogP contribution in [0.25, 0.3) is 6.08 Å². The van der Waals surface area contributed by atoms with Crippen LogP contribution in [0.15, 0.2) is 29.8 Å². The summed E-state index contributed by atoms with van der Waals surface area (Å²) in [6.07, 6.45) is 1.66. The van der Waals surface area contributed by atoms with Gasteiger partial charge in [-0.3, -0.25) is 19.8 Å². The Balaban J connectivity index is 2.08. The predicted octanol–water partition coefficient (Wildman–Crippen LogP) is 3.57. The summed E-state index contributed by atoms with van der Waals surface area (Å²) in [5.41, 5.74) is 5.76. The number of nitrogens with zero attached hydrogens (tertiary/aromatic N) is 2. The summed E-state index contributed by atoms with van der Waals surface area (Å²) >= 11 is 5.28. The van der Waals surface area contributed by atoms with Crippen LogP contribution in [-0.4, -0.2) is 21.5 Å². The molecule has 0 radical (unpaired) electrons. The number of anilines is 1. The first-order chi connectivity index (χ1) is 12.7. The molecule has 27 heavy (non-hydrogen) atoms. The number of carbonyl (C=O) groups excluding carboxylic acids is 2. The molecule has 2 amide bonds. The van der Waals surface area contributed by atoms with Crippen LogP contribution in [-0.2, 0) is 16.1 Å². The zero-order chi connectivity index (χ0) is 19.9. The van der Waals surface area contributed by atoms with E-state index in [0.29, 0.717) is 5.69 Å². The van der Waals surface area contributed by atoms with Gasteiger partial charge in [0.2, 0.25) is 0 Å². The fourth-order valence-corrected chi connectivity index (χ4v) is 3.82. The molecule has 0 unspecified atom stereocenters. The van der Waals surface area contributed by atoms with Crippen molar-refractivity contribution < 1.29 is 9.59 Å². The van der Waals surface area contributed by atoms with Crippen LogP contribution < -0.4 is 10.2 Å². The molecule has 2 heterocycles. The standard InChI is InChI=1S/C21H23N3O2S/c1-6-23-14(4)10-16(15(23)5)11-17-19(25)22-21(27)24(20(17)26)18-8-7-12(2)9-13(18)3/h7-11H,6H2,1-5H3,(H,22,25,27)/b17-11+. The van der Waals surface area contributed by atoms with Crippen LogP contribution in [0.3, 0.4) is 0 Å². The van der Waals surface area contributed by atoms with Crippen LogP contribution >= 0.6 is 12.2 Å². The molecule has 5 nitrogen and oxygen atoms in total. The van der Waals surface area contributed by atoms with E-state index in [-0.39, 0.29) is 10.7 Å². The predicted molar refractivity (Wildman–Crippen MR) is 112 cm³/mol. The number of aryl methyl sites for hydroxylation is 3. The van der Waals surface area contributed by atoms with Crippen molar-refractivity contribution in [2.75, 3.05) is 4.90 Å². The van der Waals surface area contributed by atoms with Crippen molar-refractivity contribution in [1.29, 1.82) is 0 Å². The minimum absolute atomic E-state index is 0.0833. The van der Waals surface area contributed by atoms with E-state index in [1.54, 1.807) is 6.08 Å². The van der Waals surface area contributed by atoms with E-state index >= 15 is 0 Å². The van der Waals surface area contributed by atoms with Crippen LogP contribution in [0.4, 0.5) is 5.69 Å². The summed E-state index contributed by atoms with van der Waals surface area (Å²) in [4.78, 5) is 27.0. The summed E-state index contributed by atoms with van der Waals surface area (Å²) in [6, 6.07) is 7.75. The van der Waals surface area contributed by atoms with Gasteiger partial charge in [0.15, 0.2) is 5.11 Å². The zero-order valence-corrected chi connectivity index (χ0v) is 17.0. The maximum Gasteiger partial charge on any atom is 0.270 e. The zero-order valence-electron chi connectivity index (χ0n) is 16.2. The normalized spacial score (nSPS) is 16.3. The van der Waals surface area contributed by atoms with Crippen LogP contribution in [0.5, 0.6) is 0 Å². The molecule has 0 spiro atoms. The summed E-state index contributed by atoms with van der Waals surface area (Å²) in [6.45, 7) is 10.8. The lowest BCUT2D eigenvalue weighted by Gasteiger charge is -2.30. The van der Waals surface area contributed by atoms with E-state index in [9.17, 15) is 9.59 Å². The van der Waals surface area contributed by atoms with Gasteiger partial charge in [-0.15, -0.1) is 0 Å². The summed E-state index contributed by atoms with van der Waals surface area (Å²) in [5.74, 6) is -0.871. The number of hydrogen-bond acceptors (Lipinski definition) is 3. The van der Waals surface area contributed by atoms with Gasteiger partial charge in [0, 0.05) is 17.9 Å². The molecule has 0 bridgehead atoms. The number of aromatic nitrogens is 1. The van der Waals surface area contributed by atoms with E-state index in [1.807, 2.05) is 52.0 Å². The molecule has 3 rings (SSSR count). The topological polar surface area (TPSA) is 54.3 Å². The lowest BCUT2D eigenvalue weighted by atomic mass is 10.0. The molecular formula is C21H23N3O2S. The minimum atomic E-state index is -0.465. The largest absolute Gasteiger partial charge is 0.349 e. The Hall–Kier alpha value is -2.73. The second kappa shape index (κ2) is 7.12. The fourth-order valence-electron chi connectivity index (χ4n) is 3.55. The average molecular weight is 382 g/mol. The van der Waals surface area contributed by atoms with Gasteiger partial charge in [-0.1, -0.05) is 17.7 Å². The van der Waals surface area contributed by atoms with Gasteiger partial charge in [0.25, 0.3) is 11.8 Å². The highest BCUT2D eigenvalue weighted by Gasteiger charge is 2.35. The Bertz CT molecular complexity index is 1000. The lowest BCUT2D eigenvalue weighted by Crippen LogP contribution is -2.54. The van der Waals surface area contributed by atoms with Gasteiger partial charge in [0.1, 0.15) is 5.57 Å². The first-order valence-corrected chi connectivity index (χ1v) is 9.30. The van der Waals surface area contributed by atoms with Gasteiger partial charge >= 0.3 is 0 Å². The lowest BCUT2D eigenvalue weighted by molar-refractivity contribution is -0.122. The molecular weight excluding hydrogens is 358 g/mol. The SMILES string of the molecule is CCn1c(C)cc(/C=C2\C(=O)NC(=S)N(c3ccc(C)cc3C)C2=O)c1C. The molecule has 140 valence electrons. The van der Waals surface area contributed by atoms with E-state index < -0.39 is 11.8 Å². The quantitative estimate of drug-likeness (QED) is 0.502. The Morgan fingerprint density at radius 1 is 1.11 bits per heavy atom. The van der Waals surface area contributed by atoms with Crippen LogP contribution in [0.1, 0.15) is 35.0 Å². The highest BCUT2D eigenvalue weighted by atomic mass is 32.1. The summed E-state index contributed by atoms with van der Waals surface area (Å²) in [7, 11) is 0. The third-order valence-corrected chi connectivity index (χ3v) is 5.21. The van der Waals surface area contributed by atoms with Crippen LogP contribution in [0.2, 0.25) is 0 Å². The molecule has 6 heteroatoms. The van der Waals surface area contributed by atoms with Gasteiger partial charge in [-0.25, -0.2) is 0 Å². The second-order valence-electron chi connectivity index (χ2n) is 6.82. The minimum Gasteiger partial charge on any atom is -0.349 e. The third kappa shape index (κ3) is 3.32.